The predicted molar refractivity (Wildman–Crippen MR) is 245 cm³/mol. The van der Waals surface area contributed by atoms with E-state index in [9.17, 15) is 8.78 Å². The zero-order chi connectivity index (χ0) is 40.0. The molecule has 0 aromatic heterocycles. The lowest BCUT2D eigenvalue weighted by atomic mass is 9.33. The zero-order valence-corrected chi connectivity index (χ0v) is 34.9. The smallest absolute Gasteiger partial charge is 0.251 e. The van der Waals surface area contributed by atoms with Crippen LogP contribution in [-0.2, 0) is 5.41 Å². The van der Waals surface area contributed by atoms with E-state index in [0.29, 0.717) is 0 Å². The van der Waals surface area contributed by atoms with Crippen molar-refractivity contribution in [3.05, 3.63) is 163 Å². The van der Waals surface area contributed by atoms with Gasteiger partial charge >= 0.3 is 0 Å². The Morgan fingerprint density at radius 1 is 0.508 bits per heavy atom. The molecular weight excluding hydrogens is 743 g/mol. The van der Waals surface area contributed by atoms with Gasteiger partial charge in [-0.15, -0.1) is 0 Å². The van der Waals surface area contributed by atoms with Gasteiger partial charge in [0.15, 0.2) is 0 Å². The van der Waals surface area contributed by atoms with Crippen molar-refractivity contribution in [3.8, 4) is 11.1 Å². The molecule has 0 saturated heterocycles. The summed E-state index contributed by atoms with van der Waals surface area (Å²) in [6, 6.07) is 50.5. The Balaban J connectivity index is 1.19. The molecule has 3 nitrogen and oxygen atoms in total. The minimum Gasteiger partial charge on any atom is -0.334 e. The number of halogens is 2. The Kier molecular flexibility index (Phi) is 7.18. The van der Waals surface area contributed by atoms with Crippen LogP contribution in [0.3, 0.4) is 0 Å². The second-order valence-corrected chi connectivity index (χ2v) is 22.6. The molecule has 12 rings (SSSR count). The molecule has 0 spiro atoms. The standard InChI is InChI=1S/C52H44BF2N3Si/c1-51-28-8-9-29-52(51,2)58(41-27-18-34(30-40(41)51)33-12-6-5-7-13-33)39-31-44-48-45(32-39)57(38-25-21-36(55)22-26-38)43-15-11-17-47-50(43)53(48)49-42(14-10-16-46(49)59(47,3)4)56(44)37-23-19-35(54)20-24-37/h5-7,10-27,30-32H,8-9,28-29H2,1-4H3. The van der Waals surface area contributed by atoms with Crippen molar-refractivity contribution in [1.29, 1.82) is 0 Å². The molecule has 5 aliphatic rings. The summed E-state index contributed by atoms with van der Waals surface area (Å²) in [5.74, 6) is -0.505. The van der Waals surface area contributed by atoms with E-state index >= 15 is 0 Å². The summed E-state index contributed by atoms with van der Waals surface area (Å²) in [5.41, 5.74) is 16.3. The van der Waals surface area contributed by atoms with Crippen LogP contribution < -0.4 is 41.5 Å². The van der Waals surface area contributed by atoms with Crippen LogP contribution in [0.2, 0.25) is 13.1 Å². The predicted octanol–water partition coefficient (Wildman–Crippen LogP) is 10.6. The van der Waals surface area contributed by atoms with Crippen LogP contribution in [0, 0.1) is 11.6 Å². The Bertz CT molecular complexity index is 2770. The minimum absolute atomic E-state index is 0.00944. The van der Waals surface area contributed by atoms with Crippen LogP contribution in [0.1, 0.15) is 45.1 Å². The summed E-state index contributed by atoms with van der Waals surface area (Å²) < 4.78 is 29.5. The number of hydrogen-bond acceptors (Lipinski definition) is 3. The molecular formula is C52H44BF2N3Si. The van der Waals surface area contributed by atoms with Gasteiger partial charge in [-0.1, -0.05) is 104 Å². The SMILES string of the molecule is CC12CCCCC1(C)N(c1cc3c4c(c1)N(c1ccc(F)cc1)c1cccc5c1B4c1c(cccc1[Si]5(C)C)N3c1ccc(F)cc1)c1ccc(-c3ccccc3)cc12. The van der Waals surface area contributed by atoms with Crippen molar-refractivity contribution in [2.45, 2.75) is 63.6 Å². The van der Waals surface area contributed by atoms with Gasteiger partial charge in [-0.2, -0.15) is 0 Å². The molecule has 2 atom stereocenters. The van der Waals surface area contributed by atoms with E-state index in [2.05, 4.69) is 139 Å². The van der Waals surface area contributed by atoms with Crippen LogP contribution in [0.15, 0.2) is 146 Å². The summed E-state index contributed by atoms with van der Waals surface area (Å²) in [7, 11) is -2.21. The molecule has 0 N–H and O–H groups in total. The highest BCUT2D eigenvalue weighted by Crippen LogP contribution is 2.62. The van der Waals surface area contributed by atoms with Crippen molar-refractivity contribution in [1.82, 2.24) is 0 Å². The monoisotopic (exact) mass is 787 g/mol. The summed E-state index contributed by atoms with van der Waals surface area (Å²) >= 11 is 0. The third-order valence-corrected chi connectivity index (χ3v) is 18.7. The largest absolute Gasteiger partial charge is 0.334 e. The molecule has 4 aliphatic heterocycles. The fraction of sp³-hybridized carbons (Fsp3) is 0.192. The molecule has 4 heterocycles. The zero-order valence-electron chi connectivity index (χ0n) is 33.9. The maximum absolute atomic E-state index is 14.8. The molecule has 1 aliphatic carbocycles. The highest BCUT2D eigenvalue weighted by Gasteiger charge is 2.59. The maximum atomic E-state index is 14.8. The second-order valence-electron chi connectivity index (χ2n) is 18.3. The van der Waals surface area contributed by atoms with Crippen LogP contribution in [0.5, 0.6) is 0 Å². The molecule has 0 radical (unpaired) electrons. The third-order valence-electron chi connectivity index (χ3n) is 15.1. The second kappa shape index (κ2) is 12.1. The summed E-state index contributed by atoms with van der Waals surface area (Å²) in [5, 5.41) is 2.89. The Labute approximate surface area is 346 Å². The van der Waals surface area contributed by atoms with Crippen LogP contribution >= 0.6 is 0 Å². The molecule has 1 fully saturated rings. The summed E-state index contributed by atoms with van der Waals surface area (Å²) in [6.45, 7) is 9.95. The van der Waals surface area contributed by atoms with Gasteiger partial charge < -0.3 is 14.7 Å². The lowest BCUT2D eigenvalue weighted by Crippen LogP contribution is -2.79. The van der Waals surface area contributed by atoms with E-state index in [0.717, 1.165) is 59.1 Å². The number of benzene rings is 7. The minimum atomic E-state index is -2.21. The Morgan fingerprint density at radius 3 is 1.64 bits per heavy atom. The van der Waals surface area contributed by atoms with Gasteiger partial charge in [0.1, 0.15) is 19.7 Å². The van der Waals surface area contributed by atoms with E-state index in [-0.39, 0.29) is 29.3 Å². The van der Waals surface area contributed by atoms with E-state index in [4.69, 9.17) is 0 Å². The fourth-order valence-corrected chi connectivity index (χ4v) is 15.3. The average Bonchev–Trinajstić information content (AvgIpc) is 3.46. The van der Waals surface area contributed by atoms with E-state index in [1.807, 2.05) is 24.3 Å². The number of fused-ring (bicyclic) bond motifs is 3. The number of anilines is 8. The van der Waals surface area contributed by atoms with Gasteiger partial charge in [0, 0.05) is 50.9 Å². The van der Waals surface area contributed by atoms with Crippen LogP contribution in [0.4, 0.5) is 54.3 Å². The molecule has 1 saturated carbocycles. The van der Waals surface area contributed by atoms with Crippen molar-refractivity contribution in [2.24, 2.45) is 0 Å². The van der Waals surface area contributed by atoms with Crippen LogP contribution in [0.25, 0.3) is 11.1 Å². The molecule has 0 bridgehead atoms. The number of rotatable bonds is 4. The van der Waals surface area contributed by atoms with Crippen molar-refractivity contribution >= 4 is 87.0 Å². The lowest BCUT2D eigenvalue weighted by molar-refractivity contribution is 0.195. The van der Waals surface area contributed by atoms with E-state index < -0.39 is 8.07 Å². The van der Waals surface area contributed by atoms with E-state index in [1.165, 1.54) is 55.6 Å². The Morgan fingerprint density at radius 2 is 1.07 bits per heavy atom. The molecule has 59 heavy (non-hydrogen) atoms. The molecule has 7 aromatic rings. The summed E-state index contributed by atoms with van der Waals surface area (Å²) in [4.78, 5) is 7.48. The quantitative estimate of drug-likeness (QED) is 0.165. The first kappa shape index (κ1) is 35.1. The molecule has 7 heteroatoms. The molecule has 0 amide bonds. The van der Waals surface area contributed by atoms with Gasteiger partial charge in [-0.3, -0.25) is 0 Å². The van der Waals surface area contributed by atoms with Crippen molar-refractivity contribution in [2.75, 3.05) is 14.7 Å². The van der Waals surface area contributed by atoms with Crippen molar-refractivity contribution < 1.29 is 8.78 Å². The normalized spacial score (nSPS) is 21.3. The lowest BCUT2D eigenvalue weighted by Gasteiger charge is -2.52. The summed E-state index contributed by atoms with van der Waals surface area (Å²) in [6.07, 6.45) is 4.54. The first-order valence-electron chi connectivity index (χ1n) is 21.1. The van der Waals surface area contributed by atoms with Gasteiger partial charge in [-0.05, 0) is 138 Å². The fourth-order valence-electron chi connectivity index (χ4n) is 12.1. The highest BCUT2D eigenvalue weighted by molar-refractivity contribution is 7.16. The molecule has 2 unspecified atom stereocenters. The first-order valence-corrected chi connectivity index (χ1v) is 24.1. The molecule has 288 valence electrons. The Hall–Kier alpha value is -5.92. The van der Waals surface area contributed by atoms with Crippen molar-refractivity contribution in [3.63, 3.8) is 0 Å². The van der Waals surface area contributed by atoms with Gasteiger partial charge in [0.2, 0.25) is 0 Å². The number of nitrogens with zero attached hydrogens (tertiary/aromatic N) is 3. The van der Waals surface area contributed by atoms with Gasteiger partial charge in [-0.25, -0.2) is 8.78 Å². The van der Waals surface area contributed by atoms with E-state index in [1.54, 1.807) is 24.3 Å². The average molecular weight is 788 g/mol. The van der Waals surface area contributed by atoms with Crippen LogP contribution in [-0.4, -0.2) is 20.3 Å². The molecule has 7 aromatic carbocycles. The number of hydrogen-bond donors (Lipinski definition) is 0. The van der Waals surface area contributed by atoms with Gasteiger partial charge in [0.05, 0.1) is 5.54 Å². The highest BCUT2D eigenvalue weighted by atomic mass is 28.3. The first-order chi connectivity index (χ1) is 28.6. The van der Waals surface area contributed by atoms with Gasteiger partial charge in [0.25, 0.3) is 6.71 Å². The topological polar surface area (TPSA) is 9.72 Å². The maximum Gasteiger partial charge on any atom is 0.251 e. The third kappa shape index (κ3) is 4.57.